The Morgan fingerprint density at radius 2 is 1.44 bits per heavy atom. The highest BCUT2D eigenvalue weighted by Gasteiger charge is 2.47. The van der Waals surface area contributed by atoms with Gasteiger partial charge in [0.1, 0.15) is 0 Å². The number of esters is 2. The first-order chi connectivity index (χ1) is 13.0. The fraction of sp³-hybridized carbons (Fsp3) is 0.391. The van der Waals surface area contributed by atoms with E-state index in [4.69, 9.17) is 9.47 Å². The molecule has 144 valence electrons. The molecule has 0 saturated carbocycles. The van der Waals surface area contributed by atoms with E-state index in [9.17, 15) is 9.59 Å². The Hall–Kier alpha value is -2.62. The predicted octanol–water partition coefficient (Wildman–Crippen LogP) is 4.54. The third kappa shape index (κ3) is 5.19. The van der Waals surface area contributed by atoms with Gasteiger partial charge in [-0.15, -0.1) is 0 Å². The fourth-order valence-electron chi connectivity index (χ4n) is 3.46. The molecule has 0 saturated heterocycles. The van der Waals surface area contributed by atoms with Crippen molar-refractivity contribution in [2.45, 2.75) is 39.5 Å². The van der Waals surface area contributed by atoms with Crippen LogP contribution in [0.15, 0.2) is 60.7 Å². The van der Waals surface area contributed by atoms with Gasteiger partial charge in [0.05, 0.1) is 25.0 Å². The summed E-state index contributed by atoms with van der Waals surface area (Å²) in [5, 5.41) is 0. The topological polar surface area (TPSA) is 52.6 Å². The smallest absolute Gasteiger partial charge is 0.313 e. The van der Waals surface area contributed by atoms with E-state index >= 15 is 0 Å². The van der Waals surface area contributed by atoms with Crippen molar-refractivity contribution in [3.63, 3.8) is 0 Å². The summed E-state index contributed by atoms with van der Waals surface area (Å²) in [6, 6.07) is 19.5. The summed E-state index contributed by atoms with van der Waals surface area (Å²) in [4.78, 5) is 25.7. The number of hydrogen-bond donors (Lipinski definition) is 0. The van der Waals surface area contributed by atoms with Crippen molar-refractivity contribution in [1.82, 2.24) is 0 Å². The van der Waals surface area contributed by atoms with E-state index in [-0.39, 0.29) is 37.5 Å². The van der Waals surface area contributed by atoms with Gasteiger partial charge in [-0.25, -0.2) is 0 Å². The molecule has 2 unspecified atom stereocenters. The lowest BCUT2D eigenvalue weighted by Crippen LogP contribution is -2.42. The number of carbonyl (C=O) groups excluding carboxylic acids is 2. The van der Waals surface area contributed by atoms with Gasteiger partial charge in [0.2, 0.25) is 0 Å². The zero-order valence-electron chi connectivity index (χ0n) is 16.3. The minimum absolute atomic E-state index is 0.0232. The molecule has 2 atom stereocenters. The van der Waals surface area contributed by atoms with Crippen LogP contribution in [0.25, 0.3) is 0 Å². The first-order valence-corrected chi connectivity index (χ1v) is 9.45. The lowest BCUT2D eigenvalue weighted by molar-refractivity contribution is -0.164. The van der Waals surface area contributed by atoms with E-state index in [0.29, 0.717) is 6.42 Å². The van der Waals surface area contributed by atoms with E-state index in [1.165, 1.54) is 0 Å². The van der Waals surface area contributed by atoms with E-state index in [1.807, 2.05) is 67.6 Å². The molecule has 0 spiro atoms. The van der Waals surface area contributed by atoms with Crippen molar-refractivity contribution in [1.29, 1.82) is 0 Å². The number of carbonyl (C=O) groups is 2. The average Bonchev–Trinajstić information content (AvgIpc) is 2.68. The zero-order valence-corrected chi connectivity index (χ0v) is 16.3. The molecule has 0 aromatic heterocycles. The number of rotatable bonds is 9. The molecule has 0 aliphatic heterocycles. The summed E-state index contributed by atoms with van der Waals surface area (Å²) in [5.74, 6) is -0.968. The number of ether oxygens (including phenoxy) is 2. The standard InChI is InChI=1S/C23H28O4/c1-4-26-21(24)17-23(22(25)27-5-2,16-19-12-8-6-9-13-19)18(3)20-14-10-7-11-15-20/h6-15,18H,4-5,16-17H2,1-3H3. The maximum atomic E-state index is 13.2. The molecule has 4 nitrogen and oxygen atoms in total. The lowest BCUT2D eigenvalue weighted by atomic mass is 9.67. The summed E-state index contributed by atoms with van der Waals surface area (Å²) in [6.45, 7) is 6.07. The van der Waals surface area contributed by atoms with Gasteiger partial charge in [-0.3, -0.25) is 9.59 Å². The van der Waals surface area contributed by atoms with Gasteiger partial charge in [-0.05, 0) is 37.3 Å². The van der Waals surface area contributed by atoms with Gasteiger partial charge < -0.3 is 9.47 Å². The van der Waals surface area contributed by atoms with Gasteiger partial charge >= 0.3 is 11.9 Å². The Balaban J connectivity index is 2.52. The average molecular weight is 368 g/mol. The molecule has 2 aromatic rings. The Labute approximate surface area is 161 Å². The maximum Gasteiger partial charge on any atom is 0.313 e. The first kappa shape index (κ1) is 20.7. The third-order valence-electron chi connectivity index (χ3n) is 4.94. The number of hydrogen-bond acceptors (Lipinski definition) is 4. The van der Waals surface area contributed by atoms with Crippen LogP contribution < -0.4 is 0 Å². The molecule has 0 amide bonds. The van der Waals surface area contributed by atoms with Crippen molar-refractivity contribution < 1.29 is 19.1 Å². The predicted molar refractivity (Wildman–Crippen MR) is 105 cm³/mol. The molecule has 0 fully saturated rings. The molecular formula is C23H28O4. The Morgan fingerprint density at radius 3 is 2.00 bits per heavy atom. The Bertz CT molecular complexity index is 727. The van der Waals surface area contributed by atoms with Crippen molar-refractivity contribution in [2.75, 3.05) is 13.2 Å². The molecule has 0 N–H and O–H groups in total. The largest absolute Gasteiger partial charge is 0.466 e. The summed E-state index contributed by atoms with van der Waals surface area (Å²) >= 11 is 0. The molecule has 0 aliphatic rings. The molecule has 4 heteroatoms. The normalized spacial score (nSPS) is 14.0. The van der Waals surface area contributed by atoms with E-state index < -0.39 is 5.41 Å². The monoisotopic (exact) mass is 368 g/mol. The van der Waals surface area contributed by atoms with Crippen molar-refractivity contribution >= 4 is 11.9 Å². The van der Waals surface area contributed by atoms with Crippen LogP contribution in [0.2, 0.25) is 0 Å². The van der Waals surface area contributed by atoms with Crippen molar-refractivity contribution in [2.24, 2.45) is 5.41 Å². The van der Waals surface area contributed by atoms with Gasteiger partial charge in [-0.1, -0.05) is 67.6 Å². The minimum Gasteiger partial charge on any atom is -0.466 e. The van der Waals surface area contributed by atoms with Gasteiger partial charge in [0.25, 0.3) is 0 Å². The molecule has 0 aliphatic carbocycles. The fourth-order valence-corrected chi connectivity index (χ4v) is 3.46. The van der Waals surface area contributed by atoms with Crippen LogP contribution in [-0.4, -0.2) is 25.2 Å². The quantitative estimate of drug-likeness (QED) is 0.610. The summed E-state index contributed by atoms with van der Waals surface area (Å²) < 4.78 is 10.7. The molecule has 27 heavy (non-hydrogen) atoms. The van der Waals surface area contributed by atoms with Gasteiger partial charge in [0.15, 0.2) is 0 Å². The lowest BCUT2D eigenvalue weighted by Gasteiger charge is -2.36. The van der Waals surface area contributed by atoms with Crippen LogP contribution in [0.5, 0.6) is 0 Å². The molecule has 2 aromatic carbocycles. The Kier molecular flexibility index (Phi) is 7.59. The van der Waals surface area contributed by atoms with Gasteiger partial charge in [0, 0.05) is 0 Å². The third-order valence-corrected chi connectivity index (χ3v) is 4.94. The molecular weight excluding hydrogens is 340 g/mol. The van der Waals surface area contributed by atoms with Gasteiger partial charge in [-0.2, -0.15) is 0 Å². The summed E-state index contributed by atoms with van der Waals surface area (Å²) in [7, 11) is 0. The van der Waals surface area contributed by atoms with Crippen LogP contribution in [0.3, 0.4) is 0 Å². The molecule has 0 radical (unpaired) electrons. The zero-order chi connectivity index (χ0) is 19.7. The number of benzene rings is 2. The van der Waals surface area contributed by atoms with Crippen LogP contribution in [0.1, 0.15) is 44.2 Å². The molecule has 2 rings (SSSR count). The second kappa shape index (κ2) is 9.91. The van der Waals surface area contributed by atoms with E-state index in [0.717, 1.165) is 11.1 Å². The second-order valence-electron chi connectivity index (χ2n) is 6.65. The van der Waals surface area contributed by atoms with Crippen LogP contribution in [0, 0.1) is 5.41 Å². The highest BCUT2D eigenvalue weighted by atomic mass is 16.5. The summed E-state index contributed by atoms with van der Waals surface area (Å²) in [6.07, 6.45) is 0.381. The maximum absolute atomic E-state index is 13.2. The second-order valence-corrected chi connectivity index (χ2v) is 6.65. The highest BCUT2D eigenvalue weighted by molar-refractivity contribution is 5.85. The van der Waals surface area contributed by atoms with Crippen LogP contribution >= 0.6 is 0 Å². The van der Waals surface area contributed by atoms with Crippen LogP contribution in [0.4, 0.5) is 0 Å². The minimum atomic E-state index is -1.04. The van der Waals surface area contributed by atoms with Crippen molar-refractivity contribution in [3.8, 4) is 0 Å². The van der Waals surface area contributed by atoms with Crippen LogP contribution in [-0.2, 0) is 25.5 Å². The van der Waals surface area contributed by atoms with E-state index in [2.05, 4.69) is 0 Å². The summed E-state index contributed by atoms with van der Waals surface area (Å²) in [5.41, 5.74) is 0.939. The Morgan fingerprint density at radius 1 is 0.889 bits per heavy atom. The first-order valence-electron chi connectivity index (χ1n) is 9.45. The SMILES string of the molecule is CCOC(=O)CC(Cc1ccccc1)(C(=O)OCC)C(C)c1ccccc1. The molecule has 0 bridgehead atoms. The highest BCUT2D eigenvalue weighted by Crippen LogP contribution is 2.43. The van der Waals surface area contributed by atoms with Crippen molar-refractivity contribution in [3.05, 3.63) is 71.8 Å². The molecule has 0 heterocycles. The van der Waals surface area contributed by atoms with E-state index in [1.54, 1.807) is 13.8 Å².